The smallest absolute Gasteiger partial charge is 0.338 e. The Bertz CT molecular complexity index is 729. The summed E-state index contributed by atoms with van der Waals surface area (Å²) in [5.41, 5.74) is 6.18. The highest BCUT2D eigenvalue weighted by Gasteiger charge is 2.04. The lowest BCUT2D eigenvalue weighted by atomic mass is 10.0. The number of ether oxygens (including phenoxy) is 1. The van der Waals surface area contributed by atoms with Crippen molar-refractivity contribution in [2.45, 2.75) is 73.1 Å². The van der Waals surface area contributed by atoms with E-state index in [1.165, 1.54) is 22.3 Å². The van der Waals surface area contributed by atoms with E-state index >= 15 is 0 Å². The summed E-state index contributed by atoms with van der Waals surface area (Å²) in [6, 6.07) is 9.11. The Morgan fingerprint density at radius 1 is 0.724 bits per heavy atom. The molecule has 0 fully saturated rings. The maximum Gasteiger partial charge on any atom is 0.338 e. The van der Waals surface area contributed by atoms with Crippen LogP contribution in [-0.2, 0) is 4.74 Å². The zero-order valence-electron chi connectivity index (χ0n) is 19.0. The lowest BCUT2D eigenvalue weighted by molar-refractivity contribution is 0.0549. The minimum Gasteiger partial charge on any atom is -0.458 e. The number of rotatable bonds is 12. The number of carbonyl (C=O) groups excluding carboxylic acids is 1. The van der Waals surface area contributed by atoms with Crippen LogP contribution in [0.3, 0.4) is 0 Å². The van der Waals surface area contributed by atoms with Crippen molar-refractivity contribution >= 4 is 5.97 Å². The Morgan fingerprint density at radius 2 is 1.21 bits per heavy atom. The largest absolute Gasteiger partial charge is 0.458 e. The van der Waals surface area contributed by atoms with E-state index in [0.717, 1.165) is 38.5 Å². The Balaban J connectivity index is 2.24. The van der Waals surface area contributed by atoms with Gasteiger partial charge in [-0.2, -0.15) is 0 Å². The van der Waals surface area contributed by atoms with Crippen LogP contribution in [0.5, 0.6) is 0 Å². The van der Waals surface area contributed by atoms with Gasteiger partial charge in [-0.3, -0.25) is 0 Å². The zero-order chi connectivity index (χ0) is 21.5. The Hall–Kier alpha value is -2.35. The first kappa shape index (κ1) is 24.7. The summed E-state index contributed by atoms with van der Waals surface area (Å²) in [5, 5.41) is 0. The quantitative estimate of drug-likeness (QED) is 0.265. The van der Waals surface area contributed by atoms with Crippen LogP contribution in [0.1, 0.15) is 83.5 Å². The number of esters is 1. The minimum absolute atomic E-state index is 0.269. The maximum atomic E-state index is 11.9. The van der Waals surface area contributed by atoms with Crippen LogP contribution in [-0.4, -0.2) is 12.6 Å². The van der Waals surface area contributed by atoms with E-state index in [-0.39, 0.29) is 5.97 Å². The van der Waals surface area contributed by atoms with Gasteiger partial charge < -0.3 is 4.74 Å². The lowest BCUT2D eigenvalue weighted by Gasteiger charge is -2.04. The minimum atomic E-state index is -0.269. The van der Waals surface area contributed by atoms with Gasteiger partial charge in [0.1, 0.15) is 6.61 Å². The number of carbonyl (C=O) groups is 1. The second-order valence-electron chi connectivity index (χ2n) is 8.01. The number of hydrogen-bond donors (Lipinski definition) is 0. The van der Waals surface area contributed by atoms with Crippen molar-refractivity contribution in [3.63, 3.8) is 0 Å². The van der Waals surface area contributed by atoms with Crippen molar-refractivity contribution in [3.8, 4) is 0 Å². The van der Waals surface area contributed by atoms with Crippen molar-refractivity contribution in [2.75, 3.05) is 6.61 Å². The number of benzene rings is 1. The summed E-state index contributed by atoms with van der Waals surface area (Å²) in [7, 11) is 0. The molecule has 1 aromatic rings. The van der Waals surface area contributed by atoms with Crippen molar-refractivity contribution in [1.82, 2.24) is 0 Å². The lowest BCUT2D eigenvalue weighted by Crippen LogP contribution is -2.04. The number of allylic oxidation sites excluding steroid dienone is 7. The fourth-order valence-corrected chi connectivity index (χ4v) is 2.90. The molecule has 158 valence electrons. The normalized spacial score (nSPS) is 12.7. The first-order valence-electron chi connectivity index (χ1n) is 10.7. The van der Waals surface area contributed by atoms with Gasteiger partial charge in [-0.15, -0.1) is 0 Å². The summed E-state index contributed by atoms with van der Waals surface area (Å²) >= 11 is 0. The molecule has 0 amide bonds. The summed E-state index contributed by atoms with van der Waals surface area (Å²) < 4.78 is 5.30. The van der Waals surface area contributed by atoms with E-state index in [4.69, 9.17) is 4.74 Å². The van der Waals surface area contributed by atoms with E-state index in [0.29, 0.717) is 12.2 Å². The van der Waals surface area contributed by atoms with Crippen LogP contribution in [0, 0.1) is 0 Å². The molecule has 0 atom stereocenters. The molecule has 1 rings (SSSR count). The summed E-state index contributed by atoms with van der Waals surface area (Å²) in [4.78, 5) is 11.9. The van der Waals surface area contributed by atoms with Gasteiger partial charge in [-0.25, -0.2) is 4.79 Å². The molecular weight excluding hydrogens is 356 g/mol. The van der Waals surface area contributed by atoms with Crippen LogP contribution in [0.2, 0.25) is 0 Å². The predicted octanol–water partition coefficient (Wildman–Crippen LogP) is 7.99. The van der Waals surface area contributed by atoms with E-state index < -0.39 is 0 Å². The van der Waals surface area contributed by atoms with Gasteiger partial charge in [0.2, 0.25) is 0 Å². The summed E-state index contributed by atoms with van der Waals surface area (Å²) in [6.45, 7) is 11.2. The SMILES string of the molecule is CC(C)=CCC/C(C)=C/CC/C(C)=C/CC/C(C)=C\COC(=O)c1ccccc1. The number of hydrogen-bond acceptors (Lipinski definition) is 2. The second kappa shape index (κ2) is 14.6. The second-order valence-corrected chi connectivity index (χ2v) is 8.01. The van der Waals surface area contributed by atoms with E-state index in [2.05, 4.69) is 52.8 Å². The van der Waals surface area contributed by atoms with Crippen LogP contribution in [0.4, 0.5) is 0 Å². The molecular formula is C27H38O2. The van der Waals surface area contributed by atoms with Gasteiger partial charge >= 0.3 is 5.97 Å². The van der Waals surface area contributed by atoms with Crippen molar-refractivity contribution in [1.29, 1.82) is 0 Å². The molecule has 0 aromatic heterocycles. The third-order valence-corrected chi connectivity index (χ3v) is 4.81. The molecule has 1 aromatic carbocycles. The molecule has 2 nitrogen and oxygen atoms in total. The van der Waals surface area contributed by atoms with Crippen LogP contribution >= 0.6 is 0 Å². The molecule has 0 unspecified atom stereocenters. The van der Waals surface area contributed by atoms with Gasteiger partial charge in [-0.05, 0) is 91.4 Å². The van der Waals surface area contributed by atoms with Crippen molar-refractivity contribution in [2.24, 2.45) is 0 Å². The van der Waals surface area contributed by atoms with Crippen LogP contribution < -0.4 is 0 Å². The zero-order valence-corrected chi connectivity index (χ0v) is 19.0. The van der Waals surface area contributed by atoms with Gasteiger partial charge in [0.25, 0.3) is 0 Å². The highest BCUT2D eigenvalue weighted by Crippen LogP contribution is 2.13. The fourth-order valence-electron chi connectivity index (χ4n) is 2.90. The third kappa shape index (κ3) is 12.7. The van der Waals surface area contributed by atoms with E-state index in [1.807, 2.05) is 24.3 Å². The van der Waals surface area contributed by atoms with Gasteiger partial charge in [0.05, 0.1) is 5.56 Å². The van der Waals surface area contributed by atoms with Gasteiger partial charge in [0, 0.05) is 0 Å². The molecule has 0 spiro atoms. The molecule has 0 radical (unpaired) electrons. The topological polar surface area (TPSA) is 26.3 Å². The standard InChI is InChI=1S/C27H38O2/c1-22(2)12-9-13-23(3)14-10-15-24(4)16-11-17-25(5)20-21-29-27(28)26-18-7-6-8-19-26/h6-8,12,14,16,18-20H,9-11,13,15,17,21H2,1-5H3/b23-14+,24-16+,25-20-. The summed E-state index contributed by atoms with van der Waals surface area (Å²) in [5.74, 6) is -0.269. The average molecular weight is 395 g/mol. The molecule has 0 aliphatic rings. The van der Waals surface area contributed by atoms with Crippen LogP contribution in [0.25, 0.3) is 0 Å². The molecule has 0 aliphatic carbocycles. The highest BCUT2D eigenvalue weighted by molar-refractivity contribution is 5.89. The van der Waals surface area contributed by atoms with Crippen molar-refractivity contribution in [3.05, 3.63) is 82.5 Å². The summed E-state index contributed by atoms with van der Waals surface area (Å²) in [6.07, 6.45) is 15.6. The maximum absolute atomic E-state index is 11.9. The van der Waals surface area contributed by atoms with Gasteiger partial charge in [0.15, 0.2) is 0 Å². The third-order valence-electron chi connectivity index (χ3n) is 4.81. The Labute approximate surface area is 178 Å². The average Bonchev–Trinajstić information content (AvgIpc) is 2.68. The molecule has 0 saturated heterocycles. The first-order chi connectivity index (χ1) is 13.9. The first-order valence-corrected chi connectivity index (χ1v) is 10.7. The highest BCUT2D eigenvalue weighted by atomic mass is 16.5. The Kier molecular flexibility index (Phi) is 12.4. The molecule has 2 heteroatoms. The molecule has 0 saturated carbocycles. The van der Waals surface area contributed by atoms with E-state index in [1.54, 1.807) is 12.1 Å². The fraction of sp³-hybridized carbons (Fsp3) is 0.444. The van der Waals surface area contributed by atoms with Crippen LogP contribution in [0.15, 0.2) is 76.9 Å². The predicted molar refractivity (Wildman–Crippen MR) is 125 cm³/mol. The Morgan fingerprint density at radius 3 is 1.72 bits per heavy atom. The van der Waals surface area contributed by atoms with Crippen molar-refractivity contribution < 1.29 is 9.53 Å². The monoisotopic (exact) mass is 394 g/mol. The van der Waals surface area contributed by atoms with E-state index in [9.17, 15) is 4.79 Å². The molecule has 29 heavy (non-hydrogen) atoms. The molecule has 0 N–H and O–H groups in total. The molecule has 0 aliphatic heterocycles. The van der Waals surface area contributed by atoms with Gasteiger partial charge in [-0.1, -0.05) is 58.7 Å². The molecule has 0 heterocycles. The molecule has 0 bridgehead atoms.